The molecule has 0 aromatic heterocycles. The molecule has 4 rings (SSSR count). The molecule has 79 heavy (non-hydrogen) atoms. The smallest absolute Gasteiger partial charge is 0.333 e. The second-order valence-electron chi connectivity index (χ2n) is 18.5. The third-order valence-corrected chi connectivity index (χ3v) is 12.5. The predicted molar refractivity (Wildman–Crippen MR) is 291 cm³/mol. The average Bonchev–Trinajstić information content (AvgIpc) is 3.48. The highest BCUT2D eigenvalue weighted by molar-refractivity contribution is 5.90. The topological polar surface area (TPSA) is 416 Å². The van der Waals surface area contributed by atoms with Gasteiger partial charge in [-0.3, -0.25) is 14.4 Å². The molecule has 0 heterocycles. The lowest BCUT2D eigenvalue weighted by molar-refractivity contribution is -0.137. The van der Waals surface area contributed by atoms with Gasteiger partial charge in [0, 0.05) is 95.9 Å². The number of rotatable bonds is 24. The zero-order chi connectivity index (χ0) is 59.6. The van der Waals surface area contributed by atoms with Gasteiger partial charge in [0.05, 0.1) is 76.0 Å². The molecule has 0 aromatic rings. The number of esters is 3. The Kier molecular flexibility index (Phi) is 34.9. The SMILES string of the molecule is CCCO[C@@H]1C=C(C(=O)O)C[C@H](N)[C@H]1NC(=O)CC.CCCO[C@@H]1C=C(C(=O)OC)C[C@H](N)[C@H]1NC(=O)CC.CCCO[C@@H]1C=C(C(=O)OC)C[C@H](N=[N+]=[N-])[C@H]1N.CCCO[C@@H]1C=C(C(=O)OC)C[C@H](N=[N+]=[N-])[C@H]1NC(=O)CC. The molecule has 3 amide bonds. The van der Waals surface area contributed by atoms with Crippen LogP contribution >= 0.6 is 0 Å². The molecule has 0 aliphatic heterocycles. The van der Waals surface area contributed by atoms with Crippen molar-refractivity contribution < 1.29 is 71.8 Å². The van der Waals surface area contributed by atoms with Gasteiger partial charge in [-0.1, -0.05) is 58.7 Å². The van der Waals surface area contributed by atoms with Crippen molar-refractivity contribution in [3.63, 3.8) is 0 Å². The van der Waals surface area contributed by atoms with Gasteiger partial charge in [0.1, 0.15) is 0 Å². The van der Waals surface area contributed by atoms with Crippen molar-refractivity contribution in [3.05, 3.63) is 67.5 Å². The van der Waals surface area contributed by atoms with Crippen molar-refractivity contribution in [2.45, 2.75) is 192 Å². The summed E-state index contributed by atoms with van der Waals surface area (Å²) in [5, 5.41) is 24.9. The Balaban J connectivity index is 0.000000528. The minimum atomic E-state index is -0.985. The highest BCUT2D eigenvalue weighted by Gasteiger charge is 2.39. The van der Waals surface area contributed by atoms with Crippen LogP contribution in [0.4, 0.5) is 0 Å². The van der Waals surface area contributed by atoms with Gasteiger partial charge in [0.25, 0.3) is 0 Å². The lowest BCUT2D eigenvalue weighted by Gasteiger charge is -2.35. The van der Waals surface area contributed by atoms with Gasteiger partial charge >= 0.3 is 23.9 Å². The van der Waals surface area contributed by atoms with E-state index in [9.17, 15) is 33.6 Å². The van der Waals surface area contributed by atoms with Crippen molar-refractivity contribution in [1.29, 1.82) is 0 Å². The van der Waals surface area contributed by atoms with E-state index in [4.69, 9.17) is 61.8 Å². The fourth-order valence-corrected chi connectivity index (χ4v) is 8.31. The van der Waals surface area contributed by atoms with Crippen LogP contribution in [0.5, 0.6) is 0 Å². The third kappa shape index (κ3) is 24.2. The van der Waals surface area contributed by atoms with E-state index in [1.54, 1.807) is 45.1 Å². The zero-order valence-corrected chi connectivity index (χ0v) is 47.4. The van der Waals surface area contributed by atoms with Crippen LogP contribution in [0.3, 0.4) is 0 Å². The molecule has 0 radical (unpaired) electrons. The number of carbonyl (C=O) groups is 7. The van der Waals surface area contributed by atoms with Crippen molar-refractivity contribution in [2.24, 2.45) is 27.4 Å². The van der Waals surface area contributed by atoms with E-state index in [-0.39, 0.29) is 60.7 Å². The molecule has 0 unspecified atom stereocenters. The molecule has 4 aliphatic carbocycles. The Morgan fingerprint density at radius 1 is 0.506 bits per heavy atom. The summed E-state index contributed by atoms with van der Waals surface area (Å²) in [5.41, 5.74) is 36.9. The van der Waals surface area contributed by atoms with Crippen molar-refractivity contribution in [2.75, 3.05) is 47.8 Å². The number of hydrogen-bond acceptors (Lipinski definition) is 19. The van der Waals surface area contributed by atoms with Crippen LogP contribution in [-0.4, -0.2) is 167 Å². The van der Waals surface area contributed by atoms with E-state index in [1.807, 2.05) is 27.7 Å². The van der Waals surface area contributed by atoms with E-state index in [2.05, 4.69) is 40.7 Å². The first kappa shape index (κ1) is 70.6. The molecule has 27 heteroatoms. The second-order valence-corrected chi connectivity index (χ2v) is 18.5. The van der Waals surface area contributed by atoms with Crippen LogP contribution in [0.1, 0.15) is 119 Å². The highest BCUT2D eigenvalue weighted by Crippen LogP contribution is 2.27. The molecule has 444 valence electrons. The normalized spacial score (nSPS) is 25.8. The monoisotopic (exact) mass is 1120 g/mol. The van der Waals surface area contributed by atoms with Crippen LogP contribution in [0, 0.1) is 0 Å². The number of aliphatic carboxylic acids is 1. The molecular formula is C52H86N12O15. The number of nitrogens with two attached hydrogens (primary N) is 3. The highest BCUT2D eigenvalue weighted by atomic mass is 16.5. The first-order valence-corrected chi connectivity index (χ1v) is 26.7. The van der Waals surface area contributed by atoms with Crippen molar-refractivity contribution >= 4 is 41.6 Å². The zero-order valence-electron chi connectivity index (χ0n) is 47.4. The van der Waals surface area contributed by atoms with Crippen LogP contribution < -0.4 is 33.2 Å². The maximum atomic E-state index is 11.8. The number of amides is 3. The van der Waals surface area contributed by atoms with Gasteiger partial charge in [-0.25, -0.2) is 19.2 Å². The van der Waals surface area contributed by atoms with Crippen molar-refractivity contribution in [3.8, 4) is 0 Å². The van der Waals surface area contributed by atoms with E-state index < -0.39 is 78.5 Å². The Bertz CT molecular complexity index is 2210. The molecule has 0 saturated carbocycles. The van der Waals surface area contributed by atoms with Gasteiger partial charge in [0.15, 0.2) is 0 Å². The number of carboxylic acids is 1. The number of hydrogen-bond donors (Lipinski definition) is 7. The first-order valence-electron chi connectivity index (χ1n) is 26.7. The summed E-state index contributed by atoms with van der Waals surface area (Å²) in [6.45, 7) is 15.2. The fraction of sp³-hybridized carbons (Fsp3) is 0.712. The van der Waals surface area contributed by atoms with Gasteiger partial charge in [0.2, 0.25) is 17.7 Å². The fourth-order valence-electron chi connectivity index (χ4n) is 8.31. The minimum absolute atomic E-state index is 0.0783. The Morgan fingerprint density at radius 2 is 0.810 bits per heavy atom. The van der Waals surface area contributed by atoms with E-state index in [1.165, 1.54) is 21.3 Å². The molecule has 0 saturated heterocycles. The number of carbonyl (C=O) groups excluding carboxylic acids is 6. The molecule has 10 N–H and O–H groups in total. The predicted octanol–water partition coefficient (Wildman–Crippen LogP) is 4.07. The molecule has 0 aromatic carbocycles. The Hall–Kier alpha value is -6.41. The third-order valence-electron chi connectivity index (χ3n) is 12.5. The maximum Gasteiger partial charge on any atom is 0.333 e. The lowest BCUT2D eigenvalue weighted by atomic mass is 9.88. The van der Waals surface area contributed by atoms with E-state index in [0.717, 1.165) is 25.7 Å². The maximum absolute atomic E-state index is 11.8. The van der Waals surface area contributed by atoms with Crippen LogP contribution in [0.25, 0.3) is 20.9 Å². The summed E-state index contributed by atoms with van der Waals surface area (Å²) >= 11 is 0. The van der Waals surface area contributed by atoms with Gasteiger partial charge in [-0.05, 0) is 86.7 Å². The lowest BCUT2D eigenvalue weighted by Crippen LogP contribution is -2.56. The van der Waals surface area contributed by atoms with Crippen LogP contribution in [0.15, 0.2) is 56.8 Å². The average molecular weight is 1120 g/mol. The summed E-state index contributed by atoms with van der Waals surface area (Å²) < 4.78 is 36.7. The number of nitrogens with zero attached hydrogens (tertiary/aromatic N) is 6. The van der Waals surface area contributed by atoms with Crippen LogP contribution in [0.2, 0.25) is 0 Å². The summed E-state index contributed by atoms with van der Waals surface area (Å²) in [6, 6.07) is -3.54. The van der Waals surface area contributed by atoms with E-state index in [0.29, 0.717) is 68.8 Å². The van der Waals surface area contributed by atoms with E-state index >= 15 is 0 Å². The molecule has 0 fully saturated rings. The quantitative estimate of drug-likeness (QED) is 0.0235. The first-order chi connectivity index (χ1) is 37.7. The van der Waals surface area contributed by atoms with Crippen molar-refractivity contribution in [1.82, 2.24) is 16.0 Å². The molecule has 0 bridgehead atoms. The number of carboxylic acid groups (broad SMARTS) is 1. The standard InChI is InChI=1S/C14H22N4O4.C14H24N2O4.C13H22N2O4.C11H18N4O3/c1-4-6-22-11-8-9(14(20)21-3)7-10(17-18-15)13(11)16-12(19)5-2;1-4-6-20-11-8-9(14(18)19-3)7-10(15)13(11)16-12(17)5-2;1-3-5-19-10-7-8(13(17)18)6-9(14)12(10)15-11(16)4-2;1-3-4-18-9-6-7(11(16)17-2)5-8(10(9)12)14-15-13/h8,10-11,13H,4-7H2,1-3H3,(H,16,19);8,10-11,13H,4-7,15H2,1-3H3,(H,16,17);7,9-10,12H,3-6,14H2,1-2H3,(H,15,16)(H,17,18);6,8-10H,3-5,12H2,1-2H3/t2*10-,11+,13+;9-,10+,12+;8-,9+,10+/m0000/s1. The molecular weight excluding hydrogens is 1030 g/mol. The van der Waals surface area contributed by atoms with Gasteiger partial charge in [-0.2, -0.15) is 0 Å². The van der Waals surface area contributed by atoms with Gasteiger partial charge in [-0.15, -0.1) is 0 Å². The summed E-state index contributed by atoms with van der Waals surface area (Å²) in [6.07, 6.45) is 10.2. The Labute approximate surface area is 462 Å². The molecule has 12 atom stereocenters. The summed E-state index contributed by atoms with van der Waals surface area (Å²) in [4.78, 5) is 86.3. The molecule has 4 aliphatic rings. The summed E-state index contributed by atoms with van der Waals surface area (Å²) in [7, 11) is 3.93. The second kappa shape index (κ2) is 39.0. The molecule has 27 nitrogen and oxygen atoms in total. The Morgan fingerprint density at radius 3 is 1.16 bits per heavy atom. The number of nitrogens with one attached hydrogen (secondary N) is 3. The molecule has 0 spiro atoms. The van der Waals surface area contributed by atoms with Gasteiger partial charge < -0.3 is 71.4 Å². The van der Waals surface area contributed by atoms with Crippen LogP contribution in [-0.2, 0) is 66.7 Å². The summed E-state index contributed by atoms with van der Waals surface area (Å²) in [5.74, 6) is -2.66. The minimum Gasteiger partial charge on any atom is -0.478 e. The number of ether oxygens (including phenoxy) is 7. The number of methoxy groups -OCH3 is 3. The largest absolute Gasteiger partial charge is 0.478 e. The number of azide groups is 2.